The Labute approximate surface area is 62.7 Å². The zero-order valence-corrected chi connectivity index (χ0v) is 7.02. The van der Waals surface area contributed by atoms with Gasteiger partial charge in [0.1, 0.15) is 0 Å². The van der Waals surface area contributed by atoms with E-state index >= 15 is 0 Å². The van der Waals surface area contributed by atoms with Crippen LogP contribution in [0.2, 0.25) is 0 Å². The minimum Gasteiger partial charge on any atom is -0.371 e. The summed E-state index contributed by atoms with van der Waals surface area (Å²) < 4.78 is 0. The molecular weight excluding hydrogens is 124 g/mol. The van der Waals surface area contributed by atoms with Gasteiger partial charge in [-0.05, 0) is 25.7 Å². The molecule has 1 fully saturated rings. The van der Waals surface area contributed by atoms with E-state index < -0.39 is 0 Å². The zero-order chi connectivity index (χ0) is 7.56. The predicted octanol–water partition coefficient (Wildman–Crippen LogP) is 1.42. The summed E-state index contributed by atoms with van der Waals surface area (Å²) in [6.45, 7) is 4.30. The van der Waals surface area contributed by atoms with Gasteiger partial charge in [0.25, 0.3) is 0 Å². The van der Waals surface area contributed by atoms with Gasteiger partial charge in [0, 0.05) is 13.1 Å². The molecule has 0 heterocycles. The second-order valence-corrected chi connectivity index (χ2v) is 3.11. The van der Waals surface area contributed by atoms with E-state index in [9.17, 15) is 0 Å². The van der Waals surface area contributed by atoms with E-state index in [1.54, 1.807) is 0 Å². The molecule has 2 heteroatoms. The largest absolute Gasteiger partial charge is 0.371 e. The summed E-state index contributed by atoms with van der Waals surface area (Å²) >= 11 is 0. The molecule has 0 amide bonds. The van der Waals surface area contributed by atoms with Crippen molar-refractivity contribution in [1.29, 1.82) is 0 Å². The van der Waals surface area contributed by atoms with Crippen LogP contribution in [-0.2, 0) is 0 Å². The van der Waals surface area contributed by atoms with Gasteiger partial charge in [-0.2, -0.15) is 0 Å². The lowest BCUT2D eigenvalue weighted by molar-refractivity contribution is 0.257. The first kappa shape index (κ1) is 7.58. The van der Waals surface area contributed by atoms with E-state index in [1.807, 2.05) is 14.0 Å². The number of rotatable bonds is 1. The second-order valence-electron chi connectivity index (χ2n) is 3.11. The molecule has 58 valence electrons. The van der Waals surface area contributed by atoms with Gasteiger partial charge in [-0.3, -0.25) is 4.99 Å². The van der Waals surface area contributed by atoms with Gasteiger partial charge >= 0.3 is 0 Å². The third-order valence-electron chi connectivity index (χ3n) is 2.35. The van der Waals surface area contributed by atoms with Crippen molar-refractivity contribution < 1.29 is 0 Å². The Balaban J connectivity index is 2.25. The monoisotopic (exact) mass is 140 g/mol. The van der Waals surface area contributed by atoms with Gasteiger partial charge in [-0.15, -0.1) is 0 Å². The average Bonchev–Trinajstić information content (AvgIpc) is 1.96. The first-order valence-electron chi connectivity index (χ1n) is 3.94. The highest BCUT2D eigenvalue weighted by atomic mass is 15.0. The molecule has 2 unspecified atom stereocenters. The van der Waals surface area contributed by atoms with Crippen molar-refractivity contribution in [2.45, 2.75) is 32.7 Å². The maximum atomic E-state index is 4.05. The van der Waals surface area contributed by atoms with Gasteiger partial charge < -0.3 is 5.32 Å². The van der Waals surface area contributed by atoms with Crippen LogP contribution in [0.25, 0.3) is 0 Å². The molecule has 1 rings (SSSR count). The standard InChI is InChI=1S/C8H16N2/c1-6-4-5-8(6)10-7(2)9-3/h6,8H,4-5H2,1-3H3,(H,9,10). The lowest BCUT2D eigenvalue weighted by atomic mass is 9.81. The average molecular weight is 140 g/mol. The Hall–Kier alpha value is -0.530. The Kier molecular flexibility index (Phi) is 2.30. The molecular formula is C8H16N2. The summed E-state index contributed by atoms with van der Waals surface area (Å²) in [6.07, 6.45) is 2.68. The topological polar surface area (TPSA) is 24.4 Å². The highest BCUT2D eigenvalue weighted by Crippen LogP contribution is 2.26. The third-order valence-corrected chi connectivity index (χ3v) is 2.35. The fourth-order valence-corrected chi connectivity index (χ4v) is 1.21. The van der Waals surface area contributed by atoms with Crippen LogP contribution in [0.4, 0.5) is 0 Å². The number of nitrogens with one attached hydrogen (secondary N) is 1. The van der Waals surface area contributed by atoms with Crippen molar-refractivity contribution in [1.82, 2.24) is 5.32 Å². The lowest BCUT2D eigenvalue weighted by Gasteiger charge is -2.34. The summed E-state index contributed by atoms with van der Waals surface area (Å²) in [4.78, 5) is 4.05. The zero-order valence-electron chi connectivity index (χ0n) is 7.02. The maximum Gasteiger partial charge on any atom is 0.0930 e. The van der Waals surface area contributed by atoms with Crippen LogP contribution in [0.1, 0.15) is 26.7 Å². The van der Waals surface area contributed by atoms with Crippen molar-refractivity contribution in [2.24, 2.45) is 10.9 Å². The minimum absolute atomic E-state index is 0.698. The Morgan fingerprint density at radius 3 is 2.50 bits per heavy atom. The molecule has 1 saturated carbocycles. The molecule has 0 aromatic heterocycles. The molecule has 0 aromatic rings. The smallest absolute Gasteiger partial charge is 0.0930 e. The summed E-state index contributed by atoms with van der Waals surface area (Å²) in [6, 6.07) is 0.698. The van der Waals surface area contributed by atoms with Crippen molar-refractivity contribution in [2.75, 3.05) is 7.05 Å². The number of nitrogens with zero attached hydrogens (tertiary/aromatic N) is 1. The van der Waals surface area contributed by atoms with Crippen molar-refractivity contribution in [3.8, 4) is 0 Å². The summed E-state index contributed by atoms with van der Waals surface area (Å²) in [5.41, 5.74) is 0. The summed E-state index contributed by atoms with van der Waals surface area (Å²) in [5, 5.41) is 3.37. The van der Waals surface area contributed by atoms with E-state index in [0.29, 0.717) is 6.04 Å². The van der Waals surface area contributed by atoms with Gasteiger partial charge in [0.05, 0.1) is 5.84 Å². The SMILES string of the molecule is CN=C(C)NC1CCC1C. The van der Waals surface area contributed by atoms with Crippen LogP contribution in [0.3, 0.4) is 0 Å². The molecule has 2 atom stereocenters. The Morgan fingerprint density at radius 1 is 1.50 bits per heavy atom. The number of hydrogen-bond acceptors (Lipinski definition) is 1. The van der Waals surface area contributed by atoms with Gasteiger partial charge in [0.15, 0.2) is 0 Å². The van der Waals surface area contributed by atoms with E-state index in [2.05, 4.69) is 17.2 Å². The fraction of sp³-hybridized carbons (Fsp3) is 0.875. The molecule has 0 spiro atoms. The molecule has 0 aliphatic heterocycles. The molecule has 0 radical (unpaired) electrons. The number of amidine groups is 1. The molecule has 0 aromatic carbocycles. The Morgan fingerprint density at radius 2 is 2.20 bits per heavy atom. The third kappa shape index (κ3) is 1.49. The van der Waals surface area contributed by atoms with Crippen molar-refractivity contribution >= 4 is 5.84 Å². The first-order chi connectivity index (χ1) is 4.74. The number of hydrogen-bond donors (Lipinski definition) is 1. The molecule has 0 bridgehead atoms. The van der Waals surface area contributed by atoms with Crippen LogP contribution >= 0.6 is 0 Å². The van der Waals surface area contributed by atoms with E-state index in [0.717, 1.165) is 11.8 Å². The van der Waals surface area contributed by atoms with Crippen LogP contribution in [0, 0.1) is 5.92 Å². The first-order valence-corrected chi connectivity index (χ1v) is 3.94. The van der Waals surface area contributed by atoms with E-state index in [4.69, 9.17) is 0 Å². The van der Waals surface area contributed by atoms with Crippen LogP contribution in [-0.4, -0.2) is 18.9 Å². The Bertz CT molecular complexity index is 140. The molecule has 0 saturated heterocycles. The van der Waals surface area contributed by atoms with E-state index in [1.165, 1.54) is 12.8 Å². The minimum atomic E-state index is 0.698. The molecule has 2 nitrogen and oxygen atoms in total. The normalized spacial score (nSPS) is 33.3. The maximum absolute atomic E-state index is 4.05. The van der Waals surface area contributed by atoms with Crippen LogP contribution < -0.4 is 5.32 Å². The van der Waals surface area contributed by atoms with Gasteiger partial charge in [-0.1, -0.05) is 6.92 Å². The molecule has 1 aliphatic carbocycles. The fourth-order valence-electron chi connectivity index (χ4n) is 1.21. The van der Waals surface area contributed by atoms with Gasteiger partial charge in [-0.25, -0.2) is 0 Å². The number of aliphatic imine (C=N–C) groups is 1. The highest BCUT2D eigenvalue weighted by Gasteiger charge is 2.26. The highest BCUT2D eigenvalue weighted by molar-refractivity contribution is 5.79. The van der Waals surface area contributed by atoms with Crippen molar-refractivity contribution in [3.05, 3.63) is 0 Å². The van der Waals surface area contributed by atoms with E-state index in [-0.39, 0.29) is 0 Å². The quantitative estimate of drug-likeness (QED) is 0.432. The lowest BCUT2D eigenvalue weighted by Crippen LogP contribution is -2.44. The second kappa shape index (κ2) is 3.04. The molecule has 10 heavy (non-hydrogen) atoms. The van der Waals surface area contributed by atoms with Crippen molar-refractivity contribution in [3.63, 3.8) is 0 Å². The molecule has 1 N–H and O–H groups in total. The summed E-state index contributed by atoms with van der Waals surface area (Å²) in [5.74, 6) is 1.91. The van der Waals surface area contributed by atoms with Crippen LogP contribution in [0.15, 0.2) is 4.99 Å². The summed E-state index contributed by atoms with van der Waals surface area (Å²) in [7, 11) is 1.83. The van der Waals surface area contributed by atoms with Crippen LogP contribution in [0.5, 0.6) is 0 Å². The predicted molar refractivity (Wildman–Crippen MR) is 44.4 cm³/mol. The molecule has 1 aliphatic rings. The van der Waals surface area contributed by atoms with Gasteiger partial charge in [0.2, 0.25) is 0 Å².